The number of rotatable bonds is 1. The number of imidazole rings is 1. The van der Waals surface area contributed by atoms with Crippen LogP contribution in [0, 0.1) is 6.92 Å². The molecule has 2 N–H and O–H groups in total. The average Bonchev–Trinajstić information content (AvgIpc) is 2.65. The summed E-state index contributed by atoms with van der Waals surface area (Å²) in [5.74, 6) is 0.840. The molecule has 2 aromatic heterocycles. The van der Waals surface area contributed by atoms with E-state index in [4.69, 9.17) is 28.9 Å². The number of nitrogens with two attached hydrogens (primary N) is 1. The maximum Gasteiger partial charge on any atom is 0.207 e. The molecule has 5 nitrogen and oxygen atoms in total. The monoisotopic (exact) mass is 293 g/mol. The third-order valence-electron chi connectivity index (χ3n) is 2.67. The van der Waals surface area contributed by atoms with Gasteiger partial charge in [-0.05, 0) is 25.1 Å². The Labute approximate surface area is 119 Å². The molecule has 7 heteroatoms. The van der Waals surface area contributed by atoms with Crippen LogP contribution in [0.5, 0.6) is 0 Å². The van der Waals surface area contributed by atoms with E-state index >= 15 is 0 Å². The lowest BCUT2D eigenvalue weighted by molar-refractivity contribution is 1.07. The second kappa shape index (κ2) is 4.36. The largest absolute Gasteiger partial charge is 0.369 e. The lowest BCUT2D eigenvalue weighted by atomic mass is 10.3. The van der Waals surface area contributed by atoms with Gasteiger partial charge < -0.3 is 5.73 Å². The molecule has 0 amide bonds. The Morgan fingerprint density at radius 3 is 2.68 bits per heavy atom. The second-order valence-electron chi connectivity index (χ2n) is 4.02. The van der Waals surface area contributed by atoms with Crippen LogP contribution >= 0.6 is 23.2 Å². The van der Waals surface area contributed by atoms with Crippen LogP contribution in [0.2, 0.25) is 10.2 Å². The molecule has 3 aromatic rings. The maximum absolute atomic E-state index is 6.17. The summed E-state index contributed by atoms with van der Waals surface area (Å²) in [5, 5.41) is 0.912. The van der Waals surface area contributed by atoms with Gasteiger partial charge >= 0.3 is 0 Å². The highest BCUT2D eigenvalue weighted by molar-refractivity contribution is 6.33. The molecule has 0 aliphatic carbocycles. The fraction of sp³-hybridized carbons (Fsp3) is 0.0833. The van der Waals surface area contributed by atoms with E-state index in [0.29, 0.717) is 33.1 Å². The van der Waals surface area contributed by atoms with Crippen molar-refractivity contribution in [1.29, 1.82) is 0 Å². The lowest BCUT2D eigenvalue weighted by Gasteiger charge is -2.07. The number of nitrogen functional groups attached to an aromatic ring is 1. The van der Waals surface area contributed by atoms with E-state index in [9.17, 15) is 0 Å². The number of aromatic nitrogens is 4. The van der Waals surface area contributed by atoms with Gasteiger partial charge in [-0.25, -0.2) is 9.97 Å². The minimum Gasteiger partial charge on any atom is -0.369 e. The first-order valence-corrected chi connectivity index (χ1v) is 6.26. The summed E-state index contributed by atoms with van der Waals surface area (Å²) < 4.78 is 1.68. The Balaban J connectivity index is 2.38. The SMILES string of the molecule is Cc1nc(Cl)c2c(n1)nc(N)n2-c1cccc(Cl)c1. The number of aryl methyl sites for hydroxylation is 1. The Morgan fingerprint density at radius 2 is 1.95 bits per heavy atom. The molecule has 0 fully saturated rings. The highest BCUT2D eigenvalue weighted by Crippen LogP contribution is 2.27. The van der Waals surface area contributed by atoms with Crippen LogP contribution < -0.4 is 5.73 Å². The number of hydrogen-bond donors (Lipinski definition) is 1. The van der Waals surface area contributed by atoms with Crippen molar-refractivity contribution in [3.8, 4) is 5.69 Å². The van der Waals surface area contributed by atoms with Crippen molar-refractivity contribution < 1.29 is 0 Å². The van der Waals surface area contributed by atoms with Crippen LogP contribution in [0.15, 0.2) is 24.3 Å². The van der Waals surface area contributed by atoms with Crippen molar-refractivity contribution in [3.63, 3.8) is 0 Å². The van der Waals surface area contributed by atoms with Gasteiger partial charge in [0.15, 0.2) is 10.8 Å². The molecule has 0 unspecified atom stereocenters. The Morgan fingerprint density at radius 1 is 1.16 bits per heavy atom. The smallest absolute Gasteiger partial charge is 0.207 e. The zero-order valence-corrected chi connectivity index (χ0v) is 11.4. The first-order valence-electron chi connectivity index (χ1n) is 5.50. The number of halogens is 2. The van der Waals surface area contributed by atoms with E-state index in [1.807, 2.05) is 12.1 Å². The van der Waals surface area contributed by atoms with Gasteiger partial charge in [0.05, 0.1) is 5.69 Å². The molecule has 0 atom stereocenters. The lowest BCUT2D eigenvalue weighted by Crippen LogP contribution is -2.01. The number of anilines is 1. The highest BCUT2D eigenvalue weighted by Gasteiger charge is 2.16. The molecule has 3 rings (SSSR count). The first kappa shape index (κ1) is 12.2. The fourth-order valence-corrected chi connectivity index (χ4v) is 2.41. The van der Waals surface area contributed by atoms with Gasteiger partial charge in [0.25, 0.3) is 0 Å². The van der Waals surface area contributed by atoms with Gasteiger partial charge in [-0.2, -0.15) is 4.98 Å². The molecule has 0 aliphatic rings. The van der Waals surface area contributed by atoms with Gasteiger partial charge in [-0.1, -0.05) is 29.3 Å². The summed E-state index contributed by atoms with van der Waals surface area (Å²) in [6.45, 7) is 1.75. The van der Waals surface area contributed by atoms with Crippen LogP contribution in [0.3, 0.4) is 0 Å². The molecule has 1 aromatic carbocycles. The van der Waals surface area contributed by atoms with E-state index in [1.54, 1.807) is 23.6 Å². The first-order chi connectivity index (χ1) is 9.06. The third kappa shape index (κ3) is 2.01. The van der Waals surface area contributed by atoms with Crippen molar-refractivity contribution in [3.05, 3.63) is 40.3 Å². The molecule has 2 heterocycles. The summed E-state index contributed by atoms with van der Waals surface area (Å²) in [6, 6.07) is 7.24. The molecule has 96 valence electrons. The van der Waals surface area contributed by atoms with Gasteiger partial charge in [0.2, 0.25) is 5.95 Å². The maximum atomic E-state index is 6.17. The topological polar surface area (TPSA) is 69.6 Å². The van der Waals surface area contributed by atoms with Crippen molar-refractivity contribution >= 4 is 40.3 Å². The predicted molar refractivity (Wildman–Crippen MR) is 75.8 cm³/mol. The molecule has 0 bridgehead atoms. The molecule has 0 saturated heterocycles. The molecule has 0 aliphatic heterocycles. The average molecular weight is 294 g/mol. The Kier molecular flexibility index (Phi) is 2.80. The van der Waals surface area contributed by atoms with E-state index in [0.717, 1.165) is 5.69 Å². The summed E-state index contributed by atoms with van der Waals surface area (Å²) in [6.07, 6.45) is 0. The van der Waals surface area contributed by atoms with Gasteiger partial charge in [-0.15, -0.1) is 0 Å². The number of nitrogens with zero attached hydrogens (tertiary/aromatic N) is 4. The van der Waals surface area contributed by atoms with Crippen LogP contribution in [0.25, 0.3) is 16.9 Å². The number of fused-ring (bicyclic) bond motifs is 1. The quantitative estimate of drug-likeness (QED) is 0.700. The molecule has 0 radical (unpaired) electrons. The molecular weight excluding hydrogens is 285 g/mol. The van der Waals surface area contributed by atoms with Crippen LogP contribution in [0.1, 0.15) is 5.82 Å². The second-order valence-corrected chi connectivity index (χ2v) is 4.81. The Bertz CT molecular complexity index is 781. The summed E-state index contributed by atoms with van der Waals surface area (Å²) in [7, 11) is 0. The van der Waals surface area contributed by atoms with Crippen molar-refractivity contribution in [2.24, 2.45) is 0 Å². The standard InChI is InChI=1S/C12H9Cl2N5/c1-6-16-10(14)9-11(17-6)18-12(15)19(9)8-4-2-3-7(13)5-8/h2-5H,1H3,(H2,15,16,17,18). The minimum absolute atomic E-state index is 0.291. The zero-order valence-electron chi connectivity index (χ0n) is 9.93. The fourth-order valence-electron chi connectivity index (χ4n) is 1.94. The van der Waals surface area contributed by atoms with E-state index in [-0.39, 0.29) is 0 Å². The van der Waals surface area contributed by atoms with Crippen LogP contribution in [-0.4, -0.2) is 19.5 Å². The van der Waals surface area contributed by atoms with E-state index in [2.05, 4.69) is 15.0 Å². The van der Waals surface area contributed by atoms with Crippen molar-refractivity contribution in [2.75, 3.05) is 5.73 Å². The van der Waals surface area contributed by atoms with Gasteiger partial charge in [0, 0.05) is 5.02 Å². The molecule has 0 spiro atoms. The van der Waals surface area contributed by atoms with E-state index < -0.39 is 0 Å². The highest BCUT2D eigenvalue weighted by atomic mass is 35.5. The summed E-state index contributed by atoms with van der Waals surface area (Å²) in [5.41, 5.74) is 7.75. The van der Waals surface area contributed by atoms with E-state index in [1.165, 1.54) is 0 Å². The van der Waals surface area contributed by atoms with Gasteiger partial charge in [-0.3, -0.25) is 4.57 Å². The summed E-state index contributed by atoms with van der Waals surface area (Å²) >= 11 is 12.2. The van der Waals surface area contributed by atoms with Crippen molar-refractivity contribution in [2.45, 2.75) is 6.92 Å². The van der Waals surface area contributed by atoms with Crippen LogP contribution in [-0.2, 0) is 0 Å². The number of hydrogen-bond acceptors (Lipinski definition) is 4. The normalized spacial score (nSPS) is 11.1. The Hall–Kier alpha value is -1.85. The zero-order chi connectivity index (χ0) is 13.6. The molecule has 0 saturated carbocycles. The summed E-state index contributed by atoms with van der Waals surface area (Å²) in [4.78, 5) is 12.6. The van der Waals surface area contributed by atoms with Crippen LogP contribution in [0.4, 0.5) is 5.95 Å². The third-order valence-corrected chi connectivity index (χ3v) is 3.17. The van der Waals surface area contributed by atoms with Crippen molar-refractivity contribution in [1.82, 2.24) is 19.5 Å². The molecular formula is C12H9Cl2N5. The predicted octanol–water partition coefficient (Wildman–Crippen LogP) is 3.01. The number of benzene rings is 1. The van der Waals surface area contributed by atoms with Gasteiger partial charge in [0.1, 0.15) is 11.3 Å². The molecule has 19 heavy (non-hydrogen) atoms. The minimum atomic E-state index is 0.291.